The van der Waals surface area contributed by atoms with Crippen LogP contribution in [0.2, 0.25) is 0 Å². The van der Waals surface area contributed by atoms with Gasteiger partial charge in [-0.1, -0.05) is 43.4 Å². The minimum atomic E-state index is -0.966. The van der Waals surface area contributed by atoms with E-state index in [4.69, 9.17) is 4.84 Å². The monoisotopic (exact) mass is 311 g/mol. The first-order chi connectivity index (χ1) is 11.2. The highest BCUT2D eigenvalue weighted by molar-refractivity contribution is 5.99. The average molecular weight is 311 g/mol. The number of carbonyl (C=O) groups is 1. The third-order valence-corrected chi connectivity index (χ3v) is 4.45. The topological polar surface area (TPSA) is 49.8 Å². The van der Waals surface area contributed by atoms with E-state index >= 15 is 0 Å². The maximum atomic E-state index is 12.5. The summed E-state index contributed by atoms with van der Waals surface area (Å²) in [6, 6.07) is 5.63. The standard InChI is InChI=1S/C19H21NO3/c1-3-4-5-6-8-13-11-12-16-17-14(13)9-7-10-15(17)18(21)20(23-2)19(16)22/h7,9-11,16,19,22H,3-5,12H2,1-2H3. The van der Waals surface area contributed by atoms with Gasteiger partial charge in [0.05, 0.1) is 7.11 Å². The number of allylic oxidation sites excluding steroid dienone is 2. The Morgan fingerprint density at radius 2 is 2.17 bits per heavy atom. The van der Waals surface area contributed by atoms with Crippen LogP contribution >= 0.6 is 0 Å². The lowest BCUT2D eigenvalue weighted by atomic mass is 9.77. The van der Waals surface area contributed by atoms with Crippen molar-refractivity contribution in [3.8, 4) is 11.8 Å². The van der Waals surface area contributed by atoms with E-state index in [9.17, 15) is 9.90 Å². The molecule has 0 bridgehead atoms. The first kappa shape index (κ1) is 15.8. The first-order valence-corrected chi connectivity index (χ1v) is 8.07. The number of amides is 1. The SMILES string of the molecule is CCCCC#CC1=CCC2c3c(cccc31)C(=O)N(OC)C2O. The van der Waals surface area contributed by atoms with Gasteiger partial charge in [-0.25, -0.2) is 0 Å². The van der Waals surface area contributed by atoms with E-state index in [0.29, 0.717) is 12.0 Å². The van der Waals surface area contributed by atoms with Crippen LogP contribution < -0.4 is 0 Å². The molecule has 1 aliphatic heterocycles. The van der Waals surface area contributed by atoms with Gasteiger partial charge < -0.3 is 5.11 Å². The molecular weight excluding hydrogens is 290 g/mol. The summed E-state index contributed by atoms with van der Waals surface area (Å²) in [5, 5.41) is 11.5. The van der Waals surface area contributed by atoms with Crippen LogP contribution in [-0.2, 0) is 4.84 Å². The van der Waals surface area contributed by atoms with Crippen LogP contribution in [0.15, 0.2) is 24.3 Å². The van der Waals surface area contributed by atoms with Gasteiger partial charge >= 0.3 is 0 Å². The number of unbranched alkanes of at least 4 members (excludes halogenated alkanes) is 2. The Morgan fingerprint density at radius 3 is 2.91 bits per heavy atom. The van der Waals surface area contributed by atoms with Gasteiger partial charge in [0.15, 0.2) is 6.23 Å². The molecule has 4 nitrogen and oxygen atoms in total. The Kier molecular flexibility index (Phi) is 4.51. The van der Waals surface area contributed by atoms with E-state index in [1.165, 1.54) is 7.11 Å². The molecule has 23 heavy (non-hydrogen) atoms. The summed E-state index contributed by atoms with van der Waals surface area (Å²) < 4.78 is 0. The van der Waals surface area contributed by atoms with Crippen LogP contribution in [0.4, 0.5) is 0 Å². The molecule has 1 aromatic carbocycles. The van der Waals surface area contributed by atoms with Crippen molar-refractivity contribution in [1.29, 1.82) is 0 Å². The van der Waals surface area contributed by atoms with E-state index in [1.54, 1.807) is 6.07 Å². The van der Waals surface area contributed by atoms with Crippen molar-refractivity contribution in [3.63, 3.8) is 0 Å². The Labute approximate surface area is 136 Å². The summed E-state index contributed by atoms with van der Waals surface area (Å²) in [7, 11) is 1.40. The lowest BCUT2D eigenvalue weighted by molar-refractivity contribution is -0.193. The zero-order valence-corrected chi connectivity index (χ0v) is 13.5. The molecule has 0 saturated carbocycles. The highest BCUT2D eigenvalue weighted by Gasteiger charge is 2.41. The largest absolute Gasteiger partial charge is 0.371 e. The Balaban J connectivity index is 2.02. The van der Waals surface area contributed by atoms with Crippen LogP contribution in [-0.4, -0.2) is 29.4 Å². The maximum Gasteiger partial charge on any atom is 0.280 e. The molecule has 2 unspecified atom stereocenters. The van der Waals surface area contributed by atoms with Crippen LogP contribution in [0.5, 0.6) is 0 Å². The van der Waals surface area contributed by atoms with Crippen LogP contribution in [0.3, 0.4) is 0 Å². The summed E-state index contributed by atoms with van der Waals surface area (Å²) >= 11 is 0. The third kappa shape index (κ3) is 2.67. The Hall–Kier alpha value is -2.09. The summed E-state index contributed by atoms with van der Waals surface area (Å²) in [4.78, 5) is 17.6. The van der Waals surface area contributed by atoms with Crippen LogP contribution in [0.25, 0.3) is 5.57 Å². The van der Waals surface area contributed by atoms with Crippen LogP contribution in [0, 0.1) is 11.8 Å². The number of hydroxylamine groups is 2. The summed E-state index contributed by atoms with van der Waals surface area (Å²) in [6.45, 7) is 2.15. The minimum absolute atomic E-state index is 0.167. The number of hydrogen-bond donors (Lipinski definition) is 1. The normalized spacial score (nSPS) is 22.1. The van der Waals surface area contributed by atoms with E-state index in [2.05, 4.69) is 24.8 Å². The molecule has 1 aromatic rings. The fourth-order valence-corrected chi connectivity index (χ4v) is 3.26. The fraction of sp³-hybridized carbons (Fsp3) is 0.421. The number of nitrogens with zero attached hydrogens (tertiary/aromatic N) is 1. The molecule has 0 spiro atoms. The highest BCUT2D eigenvalue weighted by Crippen LogP contribution is 2.42. The highest BCUT2D eigenvalue weighted by atomic mass is 16.7. The number of aliphatic hydroxyl groups is 1. The molecule has 1 heterocycles. The summed E-state index contributed by atoms with van der Waals surface area (Å²) in [6.07, 6.45) is 4.84. The second-order valence-electron chi connectivity index (χ2n) is 5.86. The van der Waals surface area contributed by atoms with Gasteiger partial charge in [-0.15, -0.1) is 0 Å². The van der Waals surface area contributed by atoms with Gasteiger partial charge in [0.1, 0.15) is 0 Å². The van der Waals surface area contributed by atoms with Gasteiger partial charge in [-0.2, -0.15) is 5.06 Å². The molecule has 0 radical (unpaired) electrons. The molecule has 120 valence electrons. The molecule has 3 rings (SSSR count). The van der Waals surface area contributed by atoms with E-state index in [-0.39, 0.29) is 11.8 Å². The molecule has 2 atom stereocenters. The number of hydrogen-bond acceptors (Lipinski definition) is 3. The van der Waals surface area contributed by atoms with Crippen molar-refractivity contribution in [3.05, 3.63) is 41.0 Å². The van der Waals surface area contributed by atoms with Crippen molar-refractivity contribution in [2.45, 2.75) is 44.8 Å². The Bertz CT molecular complexity index is 711. The van der Waals surface area contributed by atoms with Gasteiger partial charge in [0.2, 0.25) is 0 Å². The summed E-state index contributed by atoms with van der Waals surface area (Å²) in [5.74, 6) is 5.98. The van der Waals surface area contributed by atoms with E-state index in [0.717, 1.165) is 41.0 Å². The number of carbonyl (C=O) groups excluding carboxylic acids is 1. The minimum Gasteiger partial charge on any atom is -0.371 e. The van der Waals surface area contributed by atoms with Crippen molar-refractivity contribution in [1.82, 2.24) is 5.06 Å². The second-order valence-corrected chi connectivity index (χ2v) is 5.86. The molecule has 4 heteroatoms. The maximum absolute atomic E-state index is 12.5. The van der Waals surface area contributed by atoms with Gasteiger partial charge in [-0.3, -0.25) is 9.63 Å². The number of aliphatic hydroxyl groups excluding tert-OH is 1. The van der Waals surface area contributed by atoms with E-state index in [1.807, 2.05) is 12.1 Å². The van der Waals surface area contributed by atoms with Crippen molar-refractivity contribution in [2.75, 3.05) is 7.11 Å². The van der Waals surface area contributed by atoms with Crippen molar-refractivity contribution < 1.29 is 14.7 Å². The lowest BCUT2D eigenvalue weighted by Crippen LogP contribution is -2.48. The van der Waals surface area contributed by atoms with Gasteiger partial charge in [0.25, 0.3) is 5.91 Å². The molecule has 2 aliphatic rings. The summed E-state index contributed by atoms with van der Waals surface area (Å²) in [5.41, 5.74) is 3.42. The van der Waals surface area contributed by atoms with Crippen LogP contribution in [0.1, 0.15) is 60.0 Å². The molecule has 0 aromatic heterocycles. The smallest absolute Gasteiger partial charge is 0.280 e. The predicted octanol–water partition coefficient (Wildman–Crippen LogP) is 3.09. The zero-order chi connectivity index (χ0) is 16.4. The first-order valence-electron chi connectivity index (χ1n) is 8.07. The molecular formula is C19H21NO3. The molecule has 1 N–H and O–H groups in total. The van der Waals surface area contributed by atoms with Crippen molar-refractivity contribution >= 4 is 11.5 Å². The molecule has 0 fully saturated rings. The van der Waals surface area contributed by atoms with Gasteiger partial charge in [0, 0.05) is 23.5 Å². The number of benzene rings is 1. The Morgan fingerprint density at radius 1 is 1.39 bits per heavy atom. The van der Waals surface area contributed by atoms with Crippen molar-refractivity contribution in [2.24, 2.45) is 0 Å². The number of rotatable bonds is 3. The quantitative estimate of drug-likeness (QED) is 0.689. The lowest BCUT2D eigenvalue weighted by Gasteiger charge is -2.39. The second kappa shape index (κ2) is 6.57. The average Bonchev–Trinajstić information content (AvgIpc) is 2.57. The van der Waals surface area contributed by atoms with E-state index < -0.39 is 6.23 Å². The molecule has 0 saturated heterocycles. The van der Waals surface area contributed by atoms with Gasteiger partial charge in [-0.05, 0) is 30.0 Å². The predicted molar refractivity (Wildman–Crippen MR) is 88.3 cm³/mol. The fourth-order valence-electron chi connectivity index (χ4n) is 3.26. The molecule has 1 aliphatic carbocycles. The zero-order valence-electron chi connectivity index (χ0n) is 13.5. The molecule has 1 amide bonds. The third-order valence-electron chi connectivity index (χ3n) is 4.45.